The number of aromatic nitrogens is 2. The molecule has 0 radical (unpaired) electrons. The number of allylic oxidation sites excluding steroid dienone is 1. The molecule has 1 aromatic heterocycles. The number of hydrogen-bond acceptors (Lipinski definition) is 6. The molecule has 1 aromatic carbocycles. The second-order valence-electron chi connectivity index (χ2n) is 8.62. The number of nitrogens with one attached hydrogen (secondary N) is 4. The first kappa shape index (κ1) is 23.7. The van der Waals surface area contributed by atoms with Crippen molar-refractivity contribution in [2.45, 2.75) is 44.6 Å². The molecular weight excluding hydrogens is 432 g/mol. The lowest BCUT2D eigenvalue weighted by Crippen LogP contribution is -2.27. The van der Waals surface area contributed by atoms with E-state index < -0.39 is 0 Å². The van der Waals surface area contributed by atoms with Crippen LogP contribution in [0.25, 0.3) is 5.57 Å². The van der Waals surface area contributed by atoms with Gasteiger partial charge >= 0.3 is 0 Å². The molecule has 4 rings (SSSR count). The first-order valence-electron chi connectivity index (χ1n) is 12.0. The van der Waals surface area contributed by atoms with Crippen molar-refractivity contribution >= 4 is 29.3 Å². The summed E-state index contributed by atoms with van der Waals surface area (Å²) in [4.78, 5) is 26.1. The number of hydrogen-bond donors (Lipinski definition) is 4. The molecular formula is C25H32N6O3. The van der Waals surface area contributed by atoms with Crippen molar-refractivity contribution in [1.82, 2.24) is 20.4 Å². The summed E-state index contributed by atoms with van der Waals surface area (Å²) in [6, 6.07) is 7.26. The van der Waals surface area contributed by atoms with Gasteiger partial charge in [0.2, 0.25) is 0 Å². The van der Waals surface area contributed by atoms with Crippen LogP contribution in [-0.2, 0) is 4.74 Å². The van der Waals surface area contributed by atoms with Crippen LogP contribution in [0.2, 0.25) is 0 Å². The predicted molar refractivity (Wildman–Crippen MR) is 131 cm³/mol. The molecule has 0 aliphatic carbocycles. The van der Waals surface area contributed by atoms with Crippen molar-refractivity contribution in [3.8, 4) is 0 Å². The molecule has 2 aliphatic heterocycles. The zero-order valence-corrected chi connectivity index (χ0v) is 19.3. The molecule has 0 atom stereocenters. The third-order valence-electron chi connectivity index (χ3n) is 6.16. The van der Waals surface area contributed by atoms with Crippen LogP contribution in [0.3, 0.4) is 0 Å². The lowest BCUT2D eigenvalue weighted by atomic mass is 10.0. The second kappa shape index (κ2) is 11.6. The Morgan fingerprint density at radius 1 is 1.03 bits per heavy atom. The lowest BCUT2D eigenvalue weighted by molar-refractivity contribution is 0.0660. The molecule has 180 valence electrons. The minimum atomic E-state index is -0.333. The van der Waals surface area contributed by atoms with Crippen molar-refractivity contribution in [2.75, 3.05) is 31.6 Å². The van der Waals surface area contributed by atoms with E-state index in [1.807, 2.05) is 12.3 Å². The number of anilines is 1. The zero-order chi connectivity index (χ0) is 23.8. The molecule has 4 N–H and O–H groups in total. The second-order valence-corrected chi connectivity index (χ2v) is 8.62. The molecule has 2 amide bonds. The summed E-state index contributed by atoms with van der Waals surface area (Å²) in [7, 11) is 0. The molecule has 3 heterocycles. The van der Waals surface area contributed by atoms with E-state index >= 15 is 0 Å². The van der Waals surface area contributed by atoms with Gasteiger partial charge in [0.05, 0.1) is 11.7 Å². The van der Waals surface area contributed by atoms with E-state index in [0.29, 0.717) is 36.6 Å². The van der Waals surface area contributed by atoms with E-state index in [4.69, 9.17) is 10.1 Å². The number of nitrogens with zero attached hydrogens (tertiary/aromatic N) is 2. The molecule has 9 nitrogen and oxygen atoms in total. The van der Waals surface area contributed by atoms with Gasteiger partial charge in [-0.3, -0.25) is 14.3 Å². The Morgan fingerprint density at radius 3 is 2.59 bits per heavy atom. The molecule has 2 aliphatic rings. The minimum Gasteiger partial charge on any atom is -0.390 e. The Hall–Kier alpha value is -3.46. The fourth-order valence-corrected chi connectivity index (χ4v) is 4.20. The Morgan fingerprint density at radius 2 is 1.79 bits per heavy atom. The van der Waals surface area contributed by atoms with Crippen molar-refractivity contribution in [3.05, 3.63) is 53.5 Å². The Kier molecular flexibility index (Phi) is 8.08. The molecule has 34 heavy (non-hydrogen) atoms. The van der Waals surface area contributed by atoms with E-state index in [-0.39, 0.29) is 23.6 Å². The SMILES string of the molecule is N=C/C1=C\NCCCCCCNC(=O)c2nn(C3CCOCC3)cc2NC(=O)c2cccc1c2. The molecule has 0 spiro atoms. The van der Waals surface area contributed by atoms with Crippen LogP contribution in [-0.4, -0.2) is 54.1 Å². The summed E-state index contributed by atoms with van der Waals surface area (Å²) in [6.07, 6.45) is 10.4. The predicted octanol–water partition coefficient (Wildman–Crippen LogP) is 3.37. The van der Waals surface area contributed by atoms with Gasteiger partial charge in [-0.25, -0.2) is 0 Å². The van der Waals surface area contributed by atoms with Gasteiger partial charge in [-0.05, 0) is 43.4 Å². The highest BCUT2D eigenvalue weighted by Gasteiger charge is 2.24. The van der Waals surface area contributed by atoms with Gasteiger partial charge in [0.15, 0.2) is 5.69 Å². The van der Waals surface area contributed by atoms with Crippen LogP contribution in [0.5, 0.6) is 0 Å². The molecule has 0 unspecified atom stereocenters. The fraction of sp³-hybridized carbons (Fsp3) is 0.440. The number of carbonyl (C=O) groups is 2. The number of carbonyl (C=O) groups excluding carboxylic acids is 2. The highest BCUT2D eigenvalue weighted by Crippen LogP contribution is 2.25. The van der Waals surface area contributed by atoms with E-state index in [1.54, 1.807) is 29.1 Å². The topological polar surface area (TPSA) is 121 Å². The number of rotatable bonds is 2. The Balaban J connectivity index is 1.64. The first-order chi connectivity index (χ1) is 16.7. The Bertz CT molecular complexity index is 1050. The van der Waals surface area contributed by atoms with Gasteiger partial charge < -0.3 is 26.1 Å². The summed E-state index contributed by atoms with van der Waals surface area (Å²) >= 11 is 0. The van der Waals surface area contributed by atoms with Crippen LogP contribution in [0.15, 0.2) is 36.7 Å². The van der Waals surface area contributed by atoms with Crippen molar-refractivity contribution in [2.24, 2.45) is 0 Å². The molecule has 2 bridgehead atoms. The maximum Gasteiger partial charge on any atom is 0.273 e. The fourth-order valence-electron chi connectivity index (χ4n) is 4.20. The molecule has 0 saturated carbocycles. The van der Waals surface area contributed by atoms with Crippen LogP contribution >= 0.6 is 0 Å². The molecule has 1 saturated heterocycles. The van der Waals surface area contributed by atoms with Crippen LogP contribution in [0, 0.1) is 5.41 Å². The van der Waals surface area contributed by atoms with Crippen LogP contribution in [0.4, 0.5) is 5.69 Å². The molecule has 9 heteroatoms. The average molecular weight is 465 g/mol. The zero-order valence-electron chi connectivity index (χ0n) is 19.3. The summed E-state index contributed by atoms with van der Waals surface area (Å²) in [6.45, 7) is 2.66. The van der Waals surface area contributed by atoms with Crippen LogP contribution < -0.4 is 16.0 Å². The number of ether oxygens (including phenoxy) is 1. The van der Waals surface area contributed by atoms with E-state index in [9.17, 15) is 9.59 Å². The maximum atomic E-state index is 13.1. The average Bonchev–Trinajstić information content (AvgIpc) is 3.29. The maximum absolute atomic E-state index is 13.1. The van der Waals surface area contributed by atoms with Gasteiger partial charge in [-0.2, -0.15) is 5.10 Å². The van der Waals surface area contributed by atoms with E-state index in [1.165, 1.54) is 6.21 Å². The normalized spacial score (nSPS) is 20.4. The standard InChI is InChI=1S/C25H32N6O3/c26-15-20-16-27-10-3-1-2-4-11-28-25(33)23-22(17-31(30-23)21-8-12-34-13-9-21)29-24(32)19-7-5-6-18(20)14-19/h5-7,14-17,21,26-27H,1-4,8-13H2,(H,28,33)(H,29,32)/b20-16+,26-15?. The number of benzene rings is 1. The monoisotopic (exact) mass is 464 g/mol. The lowest BCUT2D eigenvalue weighted by Gasteiger charge is -2.22. The van der Waals surface area contributed by atoms with Gasteiger partial charge in [0, 0.05) is 56.1 Å². The van der Waals surface area contributed by atoms with Crippen molar-refractivity contribution in [3.63, 3.8) is 0 Å². The summed E-state index contributed by atoms with van der Waals surface area (Å²) < 4.78 is 7.24. The van der Waals surface area contributed by atoms with Gasteiger partial charge in [0.1, 0.15) is 0 Å². The third kappa shape index (κ3) is 5.91. The van der Waals surface area contributed by atoms with E-state index in [0.717, 1.165) is 50.6 Å². The van der Waals surface area contributed by atoms with Gasteiger partial charge in [0.25, 0.3) is 11.8 Å². The minimum absolute atomic E-state index is 0.128. The van der Waals surface area contributed by atoms with Gasteiger partial charge in [-0.15, -0.1) is 0 Å². The summed E-state index contributed by atoms with van der Waals surface area (Å²) in [5, 5.41) is 21.5. The smallest absolute Gasteiger partial charge is 0.273 e. The van der Waals surface area contributed by atoms with E-state index in [2.05, 4.69) is 21.0 Å². The van der Waals surface area contributed by atoms with Crippen LogP contribution in [0.1, 0.15) is 71.0 Å². The van der Waals surface area contributed by atoms with Crippen molar-refractivity contribution in [1.29, 1.82) is 5.41 Å². The number of fused-ring (bicyclic) bond motifs is 3. The molecule has 2 aromatic rings. The molecule has 1 fully saturated rings. The summed E-state index contributed by atoms with van der Waals surface area (Å²) in [5.41, 5.74) is 2.53. The highest BCUT2D eigenvalue weighted by molar-refractivity contribution is 6.11. The quantitative estimate of drug-likeness (QED) is 0.508. The van der Waals surface area contributed by atoms with Crippen molar-refractivity contribution < 1.29 is 14.3 Å². The largest absolute Gasteiger partial charge is 0.390 e. The Labute approximate surface area is 199 Å². The number of amides is 2. The summed E-state index contributed by atoms with van der Waals surface area (Å²) in [5.74, 6) is -0.618. The first-order valence-corrected chi connectivity index (χ1v) is 12.0. The van der Waals surface area contributed by atoms with Gasteiger partial charge in [-0.1, -0.05) is 25.0 Å². The highest BCUT2D eigenvalue weighted by atomic mass is 16.5. The third-order valence-corrected chi connectivity index (χ3v) is 6.16.